The van der Waals surface area contributed by atoms with Crippen LogP contribution in [-0.4, -0.2) is 53.5 Å². The maximum atomic E-state index is 12.8. The fourth-order valence-electron chi connectivity index (χ4n) is 2.92. The van der Waals surface area contributed by atoms with Crippen LogP contribution >= 0.6 is 22.7 Å². The van der Waals surface area contributed by atoms with Crippen molar-refractivity contribution in [3.05, 3.63) is 10.9 Å². The highest BCUT2D eigenvalue weighted by Crippen LogP contribution is 2.35. The lowest BCUT2D eigenvalue weighted by molar-refractivity contribution is -0.144. The summed E-state index contributed by atoms with van der Waals surface area (Å²) in [6.45, 7) is 2.44. The number of amides is 1. The normalized spacial score (nSPS) is 21.6. The highest BCUT2D eigenvalue weighted by Gasteiger charge is 2.36. The van der Waals surface area contributed by atoms with Crippen molar-refractivity contribution in [2.45, 2.75) is 25.8 Å². The summed E-state index contributed by atoms with van der Waals surface area (Å²) < 4.78 is 1.00. The van der Waals surface area contributed by atoms with E-state index >= 15 is 0 Å². The van der Waals surface area contributed by atoms with Gasteiger partial charge in [-0.15, -0.1) is 11.3 Å². The molecule has 1 aliphatic heterocycles. The summed E-state index contributed by atoms with van der Waals surface area (Å²) in [5.41, 5.74) is 0. The predicted molar refractivity (Wildman–Crippen MR) is 92.7 cm³/mol. The molecule has 2 aromatic heterocycles. The van der Waals surface area contributed by atoms with Gasteiger partial charge < -0.3 is 14.9 Å². The number of thiophene rings is 1. The molecule has 2 aromatic rings. The number of anilines is 1. The number of likely N-dealkylation sites (tertiary alicyclic amines) is 1. The van der Waals surface area contributed by atoms with Crippen LogP contribution in [-0.2, 0) is 4.79 Å². The number of carboxylic acids is 1. The van der Waals surface area contributed by atoms with Crippen LogP contribution in [0.1, 0.15) is 29.4 Å². The summed E-state index contributed by atoms with van der Waals surface area (Å²) in [6.07, 6.45) is 1.36. The van der Waals surface area contributed by atoms with E-state index in [-0.39, 0.29) is 11.9 Å². The Morgan fingerprint density at radius 2 is 2.13 bits per heavy atom. The standard InChI is InChI=1S/C15H19N3O3S2/c1-8-9(14(20)21)5-4-6-18(8)13(19)11-7-10-12(22-11)16-15(23-10)17(2)3/h7-9H,4-6H2,1-3H3,(H,20,21)/t8-,9-/m1/s1. The molecule has 0 spiro atoms. The second kappa shape index (κ2) is 6.09. The van der Waals surface area contributed by atoms with Gasteiger partial charge in [-0.05, 0) is 25.8 Å². The van der Waals surface area contributed by atoms with Crippen LogP contribution in [0.5, 0.6) is 0 Å². The van der Waals surface area contributed by atoms with Crippen LogP contribution in [0, 0.1) is 5.92 Å². The summed E-state index contributed by atoms with van der Waals surface area (Å²) in [7, 11) is 3.88. The Bertz CT molecular complexity index is 721. The molecule has 1 saturated heterocycles. The number of nitrogens with zero attached hydrogens (tertiary/aromatic N) is 3. The fourth-order valence-corrected chi connectivity index (χ4v) is 5.01. The molecule has 1 aliphatic rings. The summed E-state index contributed by atoms with van der Waals surface area (Å²) in [5.74, 6) is -1.38. The molecule has 23 heavy (non-hydrogen) atoms. The third kappa shape index (κ3) is 2.92. The van der Waals surface area contributed by atoms with Gasteiger partial charge in [0.15, 0.2) is 5.13 Å². The SMILES string of the molecule is C[C@@H]1[C@H](C(=O)O)CCCN1C(=O)c1cc2sc(N(C)C)nc2s1. The van der Waals surface area contributed by atoms with Gasteiger partial charge in [-0.3, -0.25) is 9.59 Å². The van der Waals surface area contributed by atoms with Crippen molar-refractivity contribution in [2.75, 3.05) is 25.5 Å². The lowest BCUT2D eigenvalue weighted by atomic mass is 9.90. The van der Waals surface area contributed by atoms with Gasteiger partial charge in [-0.1, -0.05) is 11.3 Å². The molecule has 1 fully saturated rings. The van der Waals surface area contributed by atoms with Crippen LogP contribution in [0.3, 0.4) is 0 Å². The monoisotopic (exact) mass is 353 g/mol. The van der Waals surface area contributed by atoms with Crippen molar-refractivity contribution in [3.8, 4) is 0 Å². The first-order chi connectivity index (χ1) is 10.9. The van der Waals surface area contributed by atoms with E-state index < -0.39 is 11.9 Å². The average molecular weight is 353 g/mol. The summed E-state index contributed by atoms with van der Waals surface area (Å²) in [4.78, 5) is 33.8. The number of carbonyl (C=O) groups excluding carboxylic acids is 1. The third-order valence-corrected chi connectivity index (χ3v) is 6.55. The second-order valence-corrected chi connectivity index (χ2v) is 8.04. The first-order valence-electron chi connectivity index (χ1n) is 7.50. The zero-order chi connectivity index (χ0) is 16.7. The summed E-state index contributed by atoms with van der Waals surface area (Å²) in [6, 6.07) is 1.60. The number of piperidine rings is 1. The van der Waals surface area contributed by atoms with E-state index in [0.29, 0.717) is 17.8 Å². The largest absolute Gasteiger partial charge is 0.481 e. The van der Waals surface area contributed by atoms with E-state index in [1.807, 2.05) is 32.0 Å². The van der Waals surface area contributed by atoms with Crippen LogP contribution in [0.25, 0.3) is 9.53 Å². The van der Waals surface area contributed by atoms with Crippen molar-refractivity contribution in [2.24, 2.45) is 5.92 Å². The predicted octanol–water partition coefficient (Wildman–Crippen LogP) is 2.75. The quantitative estimate of drug-likeness (QED) is 0.918. The van der Waals surface area contributed by atoms with Crippen LogP contribution in [0.15, 0.2) is 6.07 Å². The third-order valence-electron chi connectivity index (χ3n) is 4.24. The molecule has 3 rings (SSSR count). The van der Waals surface area contributed by atoms with Crippen molar-refractivity contribution >= 4 is 49.2 Å². The van der Waals surface area contributed by atoms with Crippen molar-refractivity contribution in [1.29, 1.82) is 0 Å². The number of rotatable bonds is 3. The lowest BCUT2D eigenvalue weighted by Gasteiger charge is -2.37. The summed E-state index contributed by atoms with van der Waals surface area (Å²) in [5, 5.41) is 10.2. The molecule has 8 heteroatoms. The molecule has 1 N–H and O–H groups in total. The number of thiazole rings is 1. The van der Waals surface area contributed by atoms with E-state index in [1.165, 1.54) is 11.3 Å². The van der Waals surface area contributed by atoms with Crippen LogP contribution in [0.4, 0.5) is 5.13 Å². The Labute approximate surface area is 142 Å². The van der Waals surface area contributed by atoms with Gasteiger partial charge >= 0.3 is 5.97 Å². The molecular weight excluding hydrogens is 334 g/mol. The van der Waals surface area contributed by atoms with E-state index in [0.717, 1.165) is 21.1 Å². The Balaban J connectivity index is 1.84. The van der Waals surface area contributed by atoms with Crippen LogP contribution in [0.2, 0.25) is 0 Å². The molecule has 1 amide bonds. The molecule has 0 aliphatic carbocycles. The topological polar surface area (TPSA) is 73.7 Å². The fraction of sp³-hybridized carbons (Fsp3) is 0.533. The van der Waals surface area contributed by atoms with Gasteiger partial charge in [-0.2, -0.15) is 0 Å². The number of hydrogen-bond donors (Lipinski definition) is 1. The number of carbonyl (C=O) groups is 2. The summed E-state index contributed by atoms with van der Waals surface area (Å²) >= 11 is 2.94. The van der Waals surface area contributed by atoms with Gasteiger partial charge in [0.25, 0.3) is 5.91 Å². The number of hydrogen-bond acceptors (Lipinski definition) is 6. The minimum Gasteiger partial charge on any atom is -0.481 e. The van der Waals surface area contributed by atoms with E-state index in [1.54, 1.807) is 16.2 Å². The van der Waals surface area contributed by atoms with E-state index in [2.05, 4.69) is 4.98 Å². The average Bonchev–Trinajstić information content (AvgIpc) is 3.04. The molecule has 6 nitrogen and oxygen atoms in total. The van der Waals surface area contributed by atoms with Gasteiger partial charge in [-0.25, -0.2) is 4.98 Å². The molecular formula is C15H19N3O3S2. The number of fused-ring (bicyclic) bond motifs is 1. The highest BCUT2D eigenvalue weighted by atomic mass is 32.1. The Morgan fingerprint density at radius 1 is 1.39 bits per heavy atom. The van der Waals surface area contributed by atoms with E-state index in [4.69, 9.17) is 0 Å². The number of aromatic nitrogens is 1. The van der Waals surface area contributed by atoms with Gasteiger partial charge in [0.05, 0.1) is 15.5 Å². The lowest BCUT2D eigenvalue weighted by Crippen LogP contribution is -2.48. The Kier molecular flexibility index (Phi) is 4.29. The maximum absolute atomic E-state index is 12.8. The molecule has 124 valence electrons. The molecule has 0 radical (unpaired) electrons. The minimum absolute atomic E-state index is 0.0787. The molecule has 0 aromatic carbocycles. The first kappa shape index (κ1) is 16.2. The molecule has 0 unspecified atom stereocenters. The Hall–Kier alpha value is -1.67. The van der Waals surface area contributed by atoms with Gasteiger partial charge in [0.2, 0.25) is 0 Å². The van der Waals surface area contributed by atoms with E-state index in [9.17, 15) is 14.7 Å². The minimum atomic E-state index is -0.820. The van der Waals surface area contributed by atoms with Crippen molar-refractivity contribution < 1.29 is 14.7 Å². The zero-order valence-electron chi connectivity index (χ0n) is 13.3. The van der Waals surface area contributed by atoms with Crippen LogP contribution < -0.4 is 4.90 Å². The van der Waals surface area contributed by atoms with Gasteiger partial charge in [0, 0.05) is 26.7 Å². The molecule has 2 atom stereocenters. The molecule has 3 heterocycles. The number of aliphatic carboxylic acids is 1. The Morgan fingerprint density at radius 3 is 2.74 bits per heavy atom. The molecule has 0 bridgehead atoms. The van der Waals surface area contributed by atoms with Gasteiger partial charge in [0.1, 0.15) is 4.83 Å². The zero-order valence-corrected chi connectivity index (χ0v) is 14.9. The van der Waals surface area contributed by atoms with Crippen molar-refractivity contribution in [3.63, 3.8) is 0 Å². The first-order valence-corrected chi connectivity index (χ1v) is 9.13. The highest BCUT2D eigenvalue weighted by molar-refractivity contribution is 7.29. The number of carboxylic acid groups (broad SMARTS) is 1. The smallest absolute Gasteiger partial charge is 0.308 e. The maximum Gasteiger partial charge on any atom is 0.308 e. The van der Waals surface area contributed by atoms with Crippen molar-refractivity contribution in [1.82, 2.24) is 9.88 Å². The molecule has 0 saturated carbocycles. The second-order valence-electron chi connectivity index (χ2n) is 6.00.